The summed E-state index contributed by atoms with van der Waals surface area (Å²) in [5.74, 6) is 5.02. The SMILES string of the molecule is CCOC(=O)c1cnc2c(cnn2CC)c1NN. The number of pyridine rings is 1. The van der Waals surface area contributed by atoms with Crippen molar-refractivity contribution in [3.63, 3.8) is 0 Å². The fourth-order valence-electron chi connectivity index (χ4n) is 1.78. The van der Waals surface area contributed by atoms with Gasteiger partial charge in [-0.05, 0) is 13.8 Å². The molecule has 0 bridgehead atoms. The lowest BCUT2D eigenvalue weighted by atomic mass is 10.2. The van der Waals surface area contributed by atoms with Gasteiger partial charge in [0.25, 0.3) is 0 Å². The van der Waals surface area contributed by atoms with Crippen molar-refractivity contribution in [3.8, 4) is 0 Å². The monoisotopic (exact) mass is 249 g/mol. The Labute approximate surface area is 104 Å². The van der Waals surface area contributed by atoms with Crippen molar-refractivity contribution in [2.24, 2.45) is 5.84 Å². The van der Waals surface area contributed by atoms with Gasteiger partial charge in [0, 0.05) is 12.7 Å². The minimum atomic E-state index is -0.455. The second-order valence-electron chi connectivity index (χ2n) is 3.61. The molecule has 0 aliphatic heterocycles. The average molecular weight is 249 g/mol. The van der Waals surface area contributed by atoms with Crippen LogP contribution in [0, 0.1) is 0 Å². The van der Waals surface area contributed by atoms with Crippen molar-refractivity contribution < 1.29 is 9.53 Å². The van der Waals surface area contributed by atoms with E-state index in [1.807, 2.05) is 6.92 Å². The van der Waals surface area contributed by atoms with Crippen molar-refractivity contribution in [2.75, 3.05) is 12.0 Å². The largest absolute Gasteiger partial charge is 0.462 e. The quantitative estimate of drug-likeness (QED) is 0.475. The van der Waals surface area contributed by atoms with Crippen LogP contribution in [0.5, 0.6) is 0 Å². The Kier molecular flexibility index (Phi) is 3.42. The molecule has 0 fully saturated rings. The molecule has 2 aromatic heterocycles. The van der Waals surface area contributed by atoms with E-state index in [2.05, 4.69) is 15.5 Å². The molecule has 0 saturated carbocycles. The van der Waals surface area contributed by atoms with Crippen molar-refractivity contribution in [1.82, 2.24) is 14.8 Å². The highest BCUT2D eigenvalue weighted by molar-refractivity contribution is 6.03. The standard InChI is InChI=1S/C11H15N5O2/c1-3-16-10-7(6-14-16)9(15-12)8(5-13-10)11(17)18-4-2/h5-6H,3-4,12H2,1-2H3,(H,13,15). The summed E-state index contributed by atoms with van der Waals surface area (Å²) in [5, 5.41) is 4.87. The average Bonchev–Trinajstić information content (AvgIpc) is 2.80. The van der Waals surface area contributed by atoms with E-state index in [1.54, 1.807) is 17.8 Å². The fraction of sp³-hybridized carbons (Fsp3) is 0.364. The minimum Gasteiger partial charge on any atom is -0.462 e. The molecule has 2 aromatic rings. The molecule has 0 aliphatic rings. The molecular formula is C11H15N5O2. The highest BCUT2D eigenvalue weighted by atomic mass is 16.5. The molecule has 0 aromatic carbocycles. The maximum absolute atomic E-state index is 11.8. The fourth-order valence-corrected chi connectivity index (χ4v) is 1.78. The number of rotatable bonds is 4. The van der Waals surface area contributed by atoms with Gasteiger partial charge in [-0.2, -0.15) is 5.10 Å². The molecule has 0 atom stereocenters. The minimum absolute atomic E-state index is 0.301. The summed E-state index contributed by atoms with van der Waals surface area (Å²) in [4.78, 5) is 16.0. The smallest absolute Gasteiger partial charge is 0.341 e. The number of ether oxygens (including phenoxy) is 1. The number of nitrogens with zero attached hydrogens (tertiary/aromatic N) is 3. The first kappa shape index (κ1) is 12.3. The van der Waals surface area contributed by atoms with Gasteiger partial charge in [-0.3, -0.25) is 5.84 Å². The van der Waals surface area contributed by atoms with Crippen LogP contribution in [0.4, 0.5) is 5.69 Å². The second-order valence-corrected chi connectivity index (χ2v) is 3.61. The van der Waals surface area contributed by atoms with Crippen molar-refractivity contribution in [3.05, 3.63) is 18.0 Å². The van der Waals surface area contributed by atoms with Gasteiger partial charge in [-0.15, -0.1) is 0 Å². The van der Waals surface area contributed by atoms with Gasteiger partial charge in [0.15, 0.2) is 5.65 Å². The van der Waals surface area contributed by atoms with E-state index in [9.17, 15) is 4.79 Å². The Bertz CT molecular complexity index is 578. The summed E-state index contributed by atoms with van der Waals surface area (Å²) in [6.07, 6.45) is 3.08. The zero-order chi connectivity index (χ0) is 13.1. The third-order valence-corrected chi connectivity index (χ3v) is 2.61. The normalized spacial score (nSPS) is 10.6. The van der Waals surface area contributed by atoms with Crippen LogP contribution < -0.4 is 11.3 Å². The van der Waals surface area contributed by atoms with Crippen LogP contribution >= 0.6 is 0 Å². The molecule has 0 amide bonds. The lowest BCUT2D eigenvalue weighted by Gasteiger charge is -2.09. The summed E-state index contributed by atoms with van der Waals surface area (Å²) >= 11 is 0. The number of nitrogens with two attached hydrogens (primary N) is 1. The van der Waals surface area contributed by atoms with Crippen molar-refractivity contribution in [1.29, 1.82) is 0 Å². The summed E-state index contributed by atoms with van der Waals surface area (Å²) < 4.78 is 6.68. The van der Waals surface area contributed by atoms with Crippen molar-refractivity contribution in [2.45, 2.75) is 20.4 Å². The maximum Gasteiger partial charge on any atom is 0.341 e. The molecule has 0 aliphatic carbocycles. The number of aryl methyl sites for hydroxylation is 1. The second kappa shape index (κ2) is 5.01. The van der Waals surface area contributed by atoms with Crippen molar-refractivity contribution >= 4 is 22.7 Å². The number of fused-ring (bicyclic) bond motifs is 1. The lowest BCUT2D eigenvalue weighted by Crippen LogP contribution is -2.15. The van der Waals surface area contributed by atoms with Crippen LogP contribution in [-0.4, -0.2) is 27.3 Å². The lowest BCUT2D eigenvalue weighted by molar-refractivity contribution is 0.0527. The van der Waals surface area contributed by atoms with Gasteiger partial charge >= 0.3 is 5.97 Å². The Morgan fingerprint density at radius 3 is 2.89 bits per heavy atom. The zero-order valence-corrected chi connectivity index (χ0v) is 10.3. The molecule has 18 heavy (non-hydrogen) atoms. The Hall–Kier alpha value is -2.15. The van der Waals surface area contributed by atoms with E-state index in [-0.39, 0.29) is 0 Å². The Morgan fingerprint density at radius 2 is 2.28 bits per heavy atom. The van der Waals surface area contributed by atoms with Crippen LogP contribution in [0.2, 0.25) is 0 Å². The molecule has 0 radical (unpaired) electrons. The molecule has 7 nitrogen and oxygen atoms in total. The van der Waals surface area contributed by atoms with Gasteiger partial charge in [0.05, 0.1) is 23.9 Å². The first-order valence-corrected chi connectivity index (χ1v) is 5.71. The molecule has 2 rings (SSSR count). The van der Waals surface area contributed by atoms with E-state index < -0.39 is 5.97 Å². The third kappa shape index (κ3) is 1.88. The van der Waals surface area contributed by atoms with Crippen LogP contribution in [0.25, 0.3) is 11.0 Å². The molecule has 0 spiro atoms. The molecule has 7 heteroatoms. The summed E-state index contributed by atoms with van der Waals surface area (Å²) in [6, 6.07) is 0. The first-order chi connectivity index (χ1) is 8.72. The van der Waals surface area contributed by atoms with Crippen LogP contribution in [0.3, 0.4) is 0 Å². The maximum atomic E-state index is 11.8. The Morgan fingerprint density at radius 1 is 1.50 bits per heavy atom. The van der Waals surface area contributed by atoms with Gasteiger partial charge in [0.1, 0.15) is 5.56 Å². The first-order valence-electron chi connectivity index (χ1n) is 5.71. The van der Waals surface area contributed by atoms with Crippen LogP contribution in [0.15, 0.2) is 12.4 Å². The molecule has 0 unspecified atom stereocenters. The zero-order valence-electron chi connectivity index (χ0n) is 10.3. The van der Waals surface area contributed by atoms with Crippen LogP contribution in [0.1, 0.15) is 24.2 Å². The highest BCUT2D eigenvalue weighted by Gasteiger charge is 2.17. The van der Waals surface area contributed by atoms with Gasteiger partial charge in [-0.1, -0.05) is 0 Å². The number of hydrogen-bond donors (Lipinski definition) is 2. The number of hydrazine groups is 1. The number of carbonyl (C=O) groups excluding carboxylic acids is 1. The van der Waals surface area contributed by atoms with Crippen LogP contribution in [-0.2, 0) is 11.3 Å². The number of hydrogen-bond acceptors (Lipinski definition) is 6. The van der Waals surface area contributed by atoms with E-state index >= 15 is 0 Å². The number of nitrogens with one attached hydrogen (secondary N) is 1. The molecule has 0 saturated heterocycles. The molecular weight excluding hydrogens is 234 g/mol. The summed E-state index contributed by atoms with van der Waals surface area (Å²) in [5.41, 5.74) is 3.99. The van der Waals surface area contributed by atoms with E-state index in [4.69, 9.17) is 10.6 Å². The highest BCUT2D eigenvalue weighted by Crippen LogP contribution is 2.25. The number of esters is 1. The van der Waals surface area contributed by atoms with Gasteiger partial charge < -0.3 is 10.2 Å². The van der Waals surface area contributed by atoms with Gasteiger partial charge in [-0.25, -0.2) is 14.5 Å². The third-order valence-electron chi connectivity index (χ3n) is 2.61. The number of aromatic nitrogens is 3. The van der Waals surface area contributed by atoms with E-state index in [0.717, 1.165) is 0 Å². The molecule has 2 heterocycles. The number of carbonyl (C=O) groups is 1. The number of nitrogen functional groups attached to an aromatic ring is 1. The summed E-state index contributed by atoms with van der Waals surface area (Å²) in [6.45, 7) is 4.70. The van der Waals surface area contributed by atoms with E-state index in [0.29, 0.717) is 35.4 Å². The predicted molar refractivity (Wildman–Crippen MR) is 67.0 cm³/mol. The topological polar surface area (TPSA) is 95.1 Å². The predicted octanol–water partition coefficient (Wildman–Crippen LogP) is 0.914. The Balaban J connectivity index is 2.59. The molecule has 3 N–H and O–H groups in total. The summed E-state index contributed by atoms with van der Waals surface area (Å²) in [7, 11) is 0. The van der Waals surface area contributed by atoms with Gasteiger partial charge in [0.2, 0.25) is 0 Å². The molecule has 96 valence electrons. The van der Waals surface area contributed by atoms with E-state index in [1.165, 1.54) is 6.20 Å². The number of anilines is 1.